The molecule has 0 unspecified atom stereocenters. The SMILES string of the molecule is CC(C)(C)[Si](C)(C)Oc1cccc(CNC(=S)Nc2cccc(Cl)c2Cl)c1. The normalized spacial score (nSPS) is 11.8. The summed E-state index contributed by atoms with van der Waals surface area (Å²) in [5, 5.41) is 7.84. The molecule has 0 spiro atoms. The summed E-state index contributed by atoms with van der Waals surface area (Å²) < 4.78 is 6.37. The van der Waals surface area contributed by atoms with Crippen molar-refractivity contribution in [3.63, 3.8) is 0 Å². The zero-order chi connectivity index (χ0) is 20.2. The van der Waals surface area contributed by atoms with Crippen molar-refractivity contribution in [3.05, 3.63) is 58.1 Å². The van der Waals surface area contributed by atoms with Crippen LogP contribution in [0, 0.1) is 0 Å². The lowest BCUT2D eigenvalue weighted by Gasteiger charge is -2.36. The summed E-state index contributed by atoms with van der Waals surface area (Å²) in [7, 11) is -1.86. The van der Waals surface area contributed by atoms with Crippen molar-refractivity contribution in [2.45, 2.75) is 45.4 Å². The van der Waals surface area contributed by atoms with Crippen LogP contribution in [-0.2, 0) is 6.54 Å². The molecule has 0 aliphatic rings. The van der Waals surface area contributed by atoms with E-state index in [1.807, 2.05) is 30.3 Å². The van der Waals surface area contributed by atoms with Crippen LogP contribution in [0.3, 0.4) is 0 Å². The molecule has 0 heterocycles. The van der Waals surface area contributed by atoms with Gasteiger partial charge in [-0.15, -0.1) is 0 Å². The maximum absolute atomic E-state index is 6.37. The van der Waals surface area contributed by atoms with E-state index in [0.717, 1.165) is 11.3 Å². The van der Waals surface area contributed by atoms with Gasteiger partial charge in [0, 0.05) is 6.54 Å². The molecule has 7 heteroatoms. The summed E-state index contributed by atoms with van der Waals surface area (Å²) in [6.45, 7) is 11.8. The number of benzene rings is 2. The fourth-order valence-electron chi connectivity index (χ4n) is 2.12. The fourth-order valence-corrected chi connectivity index (χ4v) is 3.67. The summed E-state index contributed by atoms with van der Waals surface area (Å²) in [5.41, 5.74) is 1.77. The number of nitrogens with one attached hydrogen (secondary N) is 2. The Kier molecular flexibility index (Phi) is 7.19. The molecule has 2 N–H and O–H groups in total. The first-order valence-corrected chi connectivity index (χ1v) is 12.8. The average Bonchev–Trinajstić information content (AvgIpc) is 2.56. The van der Waals surface area contributed by atoms with Gasteiger partial charge in [-0.2, -0.15) is 0 Å². The van der Waals surface area contributed by atoms with Crippen LogP contribution >= 0.6 is 35.4 Å². The van der Waals surface area contributed by atoms with Gasteiger partial charge in [-0.05, 0) is 60.2 Å². The lowest BCUT2D eigenvalue weighted by molar-refractivity contribution is 0.491. The Bertz CT molecular complexity index is 822. The standard InChI is InChI=1S/C20H26Cl2N2OSSi/c1-20(2,3)27(4,5)25-15-9-6-8-14(12-15)13-23-19(26)24-17-11-7-10-16(21)18(17)22/h6-12H,13H2,1-5H3,(H2,23,24,26). The van der Waals surface area contributed by atoms with Gasteiger partial charge in [-0.3, -0.25) is 0 Å². The van der Waals surface area contributed by atoms with Crippen molar-refractivity contribution < 1.29 is 4.43 Å². The van der Waals surface area contributed by atoms with Crippen LogP contribution in [-0.4, -0.2) is 13.4 Å². The van der Waals surface area contributed by atoms with E-state index in [2.05, 4.69) is 50.6 Å². The molecule has 0 aromatic heterocycles. The molecule has 0 radical (unpaired) electrons. The lowest BCUT2D eigenvalue weighted by Crippen LogP contribution is -2.43. The van der Waals surface area contributed by atoms with Gasteiger partial charge in [0.2, 0.25) is 8.32 Å². The lowest BCUT2D eigenvalue weighted by atomic mass is 10.2. The summed E-state index contributed by atoms with van der Waals surface area (Å²) in [6.07, 6.45) is 0. The molecular weight excluding hydrogens is 415 g/mol. The van der Waals surface area contributed by atoms with Gasteiger partial charge in [0.15, 0.2) is 5.11 Å². The van der Waals surface area contributed by atoms with Crippen molar-refractivity contribution in [1.29, 1.82) is 0 Å². The summed E-state index contributed by atoms with van der Waals surface area (Å²) in [6, 6.07) is 13.5. The average molecular weight is 442 g/mol. The van der Waals surface area contributed by atoms with E-state index < -0.39 is 8.32 Å². The molecule has 2 aromatic carbocycles. The Morgan fingerprint density at radius 2 is 1.78 bits per heavy atom. The van der Waals surface area contributed by atoms with E-state index in [1.165, 1.54) is 0 Å². The smallest absolute Gasteiger partial charge is 0.250 e. The van der Waals surface area contributed by atoms with Gasteiger partial charge in [-0.25, -0.2) is 0 Å². The first kappa shape index (κ1) is 22.0. The monoisotopic (exact) mass is 440 g/mol. The highest BCUT2D eigenvalue weighted by Crippen LogP contribution is 2.37. The first-order valence-electron chi connectivity index (χ1n) is 8.76. The molecule has 0 aliphatic heterocycles. The zero-order valence-corrected chi connectivity index (χ0v) is 19.6. The van der Waals surface area contributed by atoms with Gasteiger partial charge in [0.1, 0.15) is 5.75 Å². The first-order chi connectivity index (χ1) is 12.5. The van der Waals surface area contributed by atoms with E-state index in [0.29, 0.717) is 27.4 Å². The Hall–Kier alpha value is -1.27. The van der Waals surface area contributed by atoms with Gasteiger partial charge in [0.25, 0.3) is 0 Å². The summed E-state index contributed by atoms with van der Waals surface area (Å²) in [5.74, 6) is 0.901. The molecule has 0 saturated heterocycles. The van der Waals surface area contributed by atoms with Gasteiger partial charge in [-0.1, -0.05) is 62.2 Å². The van der Waals surface area contributed by atoms with Gasteiger partial charge in [0.05, 0.1) is 15.7 Å². The van der Waals surface area contributed by atoms with Gasteiger partial charge < -0.3 is 15.1 Å². The molecule has 0 saturated carbocycles. The van der Waals surface area contributed by atoms with Crippen molar-refractivity contribution >= 4 is 54.5 Å². The van der Waals surface area contributed by atoms with Crippen LogP contribution in [0.4, 0.5) is 5.69 Å². The van der Waals surface area contributed by atoms with Crippen molar-refractivity contribution in [2.24, 2.45) is 0 Å². The Morgan fingerprint density at radius 1 is 1.11 bits per heavy atom. The molecule has 0 fully saturated rings. The second kappa shape index (κ2) is 8.82. The third-order valence-electron chi connectivity index (χ3n) is 4.73. The Morgan fingerprint density at radius 3 is 2.44 bits per heavy atom. The number of hydrogen-bond donors (Lipinski definition) is 2. The van der Waals surface area contributed by atoms with Crippen LogP contribution in [0.15, 0.2) is 42.5 Å². The van der Waals surface area contributed by atoms with Crippen LogP contribution < -0.4 is 15.1 Å². The predicted octanol–water partition coefficient (Wildman–Crippen LogP) is 6.86. The molecular formula is C20H26Cl2N2OSSi. The molecule has 0 amide bonds. The summed E-state index contributed by atoms with van der Waals surface area (Å²) in [4.78, 5) is 0. The molecule has 2 aromatic rings. The maximum atomic E-state index is 6.37. The molecule has 0 aliphatic carbocycles. The zero-order valence-electron chi connectivity index (χ0n) is 16.3. The number of anilines is 1. The maximum Gasteiger partial charge on any atom is 0.250 e. The second-order valence-electron chi connectivity index (χ2n) is 7.92. The number of rotatable bonds is 5. The highest BCUT2D eigenvalue weighted by molar-refractivity contribution is 7.80. The quantitative estimate of drug-likeness (QED) is 0.392. The van der Waals surface area contributed by atoms with Crippen molar-refractivity contribution in [2.75, 3.05) is 5.32 Å². The third kappa shape index (κ3) is 6.11. The molecule has 0 atom stereocenters. The predicted molar refractivity (Wildman–Crippen MR) is 124 cm³/mol. The molecule has 2 rings (SSSR count). The number of halogens is 2. The summed E-state index contributed by atoms with van der Waals surface area (Å²) >= 11 is 17.6. The largest absolute Gasteiger partial charge is 0.543 e. The number of thiocarbonyl (C=S) groups is 1. The van der Waals surface area contributed by atoms with Crippen molar-refractivity contribution in [3.8, 4) is 5.75 Å². The fraction of sp³-hybridized carbons (Fsp3) is 0.350. The molecule has 3 nitrogen and oxygen atoms in total. The van der Waals surface area contributed by atoms with Crippen LogP contribution in [0.5, 0.6) is 5.75 Å². The minimum Gasteiger partial charge on any atom is -0.543 e. The molecule has 146 valence electrons. The van der Waals surface area contributed by atoms with E-state index >= 15 is 0 Å². The highest BCUT2D eigenvalue weighted by Gasteiger charge is 2.38. The van der Waals surface area contributed by atoms with Gasteiger partial charge >= 0.3 is 0 Å². The minimum absolute atomic E-state index is 0.156. The minimum atomic E-state index is -1.86. The van der Waals surface area contributed by atoms with E-state index in [-0.39, 0.29) is 5.04 Å². The van der Waals surface area contributed by atoms with Crippen molar-refractivity contribution in [1.82, 2.24) is 5.32 Å². The number of hydrogen-bond acceptors (Lipinski definition) is 2. The highest BCUT2D eigenvalue weighted by atomic mass is 35.5. The van der Waals surface area contributed by atoms with E-state index in [4.69, 9.17) is 39.8 Å². The molecule has 27 heavy (non-hydrogen) atoms. The van der Waals surface area contributed by atoms with Crippen LogP contribution in [0.25, 0.3) is 0 Å². The Balaban J connectivity index is 1.98. The van der Waals surface area contributed by atoms with Crippen LogP contribution in [0.2, 0.25) is 28.2 Å². The molecule has 0 bridgehead atoms. The third-order valence-corrected chi connectivity index (χ3v) is 10.2. The van der Waals surface area contributed by atoms with E-state index in [9.17, 15) is 0 Å². The Labute approximate surface area is 178 Å². The van der Waals surface area contributed by atoms with Crippen LogP contribution in [0.1, 0.15) is 26.3 Å². The topological polar surface area (TPSA) is 33.3 Å². The van der Waals surface area contributed by atoms with E-state index in [1.54, 1.807) is 6.07 Å². The second-order valence-corrected chi connectivity index (χ2v) is 13.8.